The van der Waals surface area contributed by atoms with Gasteiger partial charge in [-0.3, -0.25) is 0 Å². The van der Waals surface area contributed by atoms with E-state index in [1.54, 1.807) is 19.1 Å². The number of carboxylic acid groups (broad SMARTS) is 1. The molecule has 1 heterocycles. The van der Waals surface area contributed by atoms with Crippen LogP contribution in [0.4, 0.5) is 11.5 Å². The Balaban J connectivity index is 2.26. The van der Waals surface area contributed by atoms with Crippen LogP contribution in [-0.4, -0.2) is 16.1 Å². The Bertz CT molecular complexity index is 641. The number of hydrogen-bond donors (Lipinski definition) is 2. The summed E-state index contributed by atoms with van der Waals surface area (Å²) >= 11 is 3.47. The highest BCUT2D eigenvalue weighted by Gasteiger charge is 2.08. The van der Waals surface area contributed by atoms with Crippen LogP contribution in [0.25, 0.3) is 0 Å². The average Bonchev–Trinajstić information content (AvgIpc) is 2.33. The fraction of sp³-hybridized carbons (Fsp3) is 0.143. The van der Waals surface area contributed by atoms with E-state index in [9.17, 15) is 4.79 Å². The number of nitrogens with one attached hydrogen (secondary N) is 1. The summed E-state index contributed by atoms with van der Waals surface area (Å²) in [6, 6.07) is 9.10. The zero-order chi connectivity index (χ0) is 14.0. The van der Waals surface area contributed by atoms with E-state index in [1.807, 2.05) is 25.1 Å². The molecule has 19 heavy (non-hydrogen) atoms. The first-order valence-electron chi connectivity index (χ1n) is 5.71. The van der Waals surface area contributed by atoms with Crippen molar-refractivity contribution < 1.29 is 9.90 Å². The summed E-state index contributed by atoms with van der Waals surface area (Å²) in [4.78, 5) is 15.1. The summed E-state index contributed by atoms with van der Waals surface area (Å²) in [5.74, 6) is -0.340. The van der Waals surface area contributed by atoms with Crippen molar-refractivity contribution in [2.24, 2.45) is 0 Å². The fourth-order valence-corrected chi connectivity index (χ4v) is 2.05. The van der Waals surface area contributed by atoms with Crippen molar-refractivity contribution in [3.8, 4) is 0 Å². The number of benzene rings is 1. The Morgan fingerprint density at radius 1 is 1.26 bits per heavy atom. The number of rotatable bonds is 3. The summed E-state index contributed by atoms with van der Waals surface area (Å²) in [7, 11) is 0. The normalized spacial score (nSPS) is 10.3. The number of carboxylic acids is 1. The Morgan fingerprint density at radius 3 is 2.58 bits per heavy atom. The second kappa shape index (κ2) is 5.40. The van der Waals surface area contributed by atoms with Crippen LogP contribution in [0.5, 0.6) is 0 Å². The van der Waals surface area contributed by atoms with E-state index < -0.39 is 5.97 Å². The molecule has 4 nitrogen and oxygen atoms in total. The Labute approximate surface area is 119 Å². The van der Waals surface area contributed by atoms with Crippen molar-refractivity contribution in [3.05, 3.63) is 51.6 Å². The Morgan fingerprint density at radius 2 is 2.00 bits per heavy atom. The van der Waals surface area contributed by atoms with Crippen LogP contribution in [0.3, 0.4) is 0 Å². The van der Waals surface area contributed by atoms with Crippen LogP contribution in [0.15, 0.2) is 34.8 Å². The summed E-state index contributed by atoms with van der Waals surface area (Å²) in [6.45, 7) is 3.69. The first-order valence-corrected chi connectivity index (χ1v) is 6.51. The third-order valence-electron chi connectivity index (χ3n) is 2.76. The molecule has 0 saturated heterocycles. The molecule has 0 amide bonds. The van der Waals surface area contributed by atoms with E-state index in [2.05, 4.69) is 26.2 Å². The number of halogens is 1. The topological polar surface area (TPSA) is 62.2 Å². The zero-order valence-corrected chi connectivity index (χ0v) is 12.2. The van der Waals surface area contributed by atoms with Gasteiger partial charge < -0.3 is 10.4 Å². The maximum absolute atomic E-state index is 10.9. The summed E-state index contributed by atoms with van der Waals surface area (Å²) in [5.41, 5.74) is 2.75. The number of pyridine rings is 1. The van der Waals surface area contributed by atoms with Gasteiger partial charge >= 0.3 is 5.97 Å². The van der Waals surface area contributed by atoms with Crippen LogP contribution >= 0.6 is 15.9 Å². The van der Waals surface area contributed by atoms with Gasteiger partial charge in [-0.2, -0.15) is 0 Å². The lowest BCUT2D eigenvalue weighted by atomic mass is 10.2. The minimum atomic E-state index is -0.963. The maximum Gasteiger partial charge on any atom is 0.337 e. The molecule has 1 aromatic carbocycles. The first-order chi connectivity index (χ1) is 8.97. The second-order valence-corrected chi connectivity index (χ2v) is 5.08. The molecule has 2 aromatic rings. The van der Waals surface area contributed by atoms with Gasteiger partial charge in [-0.25, -0.2) is 9.78 Å². The quantitative estimate of drug-likeness (QED) is 0.900. The molecule has 0 aliphatic rings. The van der Waals surface area contributed by atoms with Crippen molar-refractivity contribution in [2.45, 2.75) is 13.8 Å². The monoisotopic (exact) mass is 320 g/mol. The first kappa shape index (κ1) is 13.5. The van der Waals surface area contributed by atoms with Gasteiger partial charge in [-0.1, -0.05) is 22.0 Å². The van der Waals surface area contributed by atoms with E-state index >= 15 is 0 Å². The third-order valence-corrected chi connectivity index (χ3v) is 3.61. The lowest BCUT2D eigenvalue weighted by Crippen LogP contribution is -2.03. The predicted molar refractivity (Wildman–Crippen MR) is 78.1 cm³/mol. The van der Waals surface area contributed by atoms with Crippen molar-refractivity contribution in [2.75, 3.05) is 5.32 Å². The van der Waals surface area contributed by atoms with E-state index in [4.69, 9.17) is 5.11 Å². The summed E-state index contributed by atoms with van der Waals surface area (Å²) in [5, 5.41) is 12.1. The van der Waals surface area contributed by atoms with Gasteiger partial charge in [0.15, 0.2) is 0 Å². The number of nitrogens with zero attached hydrogens (tertiary/aromatic N) is 1. The van der Waals surface area contributed by atoms with Gasteiger partial charge in [0.2, 0.25) is 0 Å². The number of aryl methyl sites for hydroxylation is 2. The maximum atomic E-state index is 10.9. The number of hydrogen-bond acceptors (Lipinski definition) is 3. The molecule has 0 radical (unpaired) electrons. The van der Waals surface area contributed by atoms with E-state index in [0.717, 1.165) is 15.7 Å². The van der Waals surface area contributed by atoms with E-state index in [1.165, 1.54) is 0 Å². The molecule has 0 fully saturated rings. The lowest BCUT2D eigenvalue weighted by molar-refractivity contribution is 0.0695. The molecule has 0 unspecified atom stereocenters. The van der Waals surface area contributed by atoms with Gasteiger partial charge in [0, 0.05) is 10.2 Å². The van der Waals surface area contributed by atoms with E-state index in [0.29, 0.717) is 11.5 Å². The van der Waals surface area contributed by atoms with Crippen molar-refractivity contribution >= 4 is 33.4 Å². The highest BCUT2D eigenvalue weighted by atomic mass is 79.9. The number of carbonyl (C=O) groups is 1. The van der Waals surface area contributed by atoms with Crippen LogP contribution < -0.4 is 5.32 Å². The lowest BCUT2D eigenvalue weighted by Gasteiger charge is -2.09. The molecule has 1 aromatic heterocycles. The average molecular weight is 321 g/mol. The molecule has 2 N–H and O–H groups in total. The van der Waals surface area contributed by atoms with Crippen LogP contribution in [0.1, 0.15) is 21.6 Å². The Hall–Kier alpha value is -1.88. The summed E-state index contributed by atoms with van der Waals surface area (Å²) in [6.07, 6.45) is 0. The van der Waals surface area contributed by atoms with Gasteiger partial charge in [0.25, 0.3) is 0 Å². The van der Waals surface area contributed by atoms with Gasteiger partial charge in [0.05, 0.1) is 11.3 Å². The molecule has 0 atom stereocenters. The predicted octanol–water partition coefficient (Wildman–Crippen LogP) is 3.90. The molecule has 0 bridgehead atoms. The third kappa shape index (κ3) is 3.12. The summed E-state index contributed by atoms with van der Waals surface area (Å²) < 4.78 is 1.01. The molecule has 2 rings (SSSR count). The van der Waals surface area contributed by atoms with Gasteiger partial charge in [-0.15, -0.1) is 0 Å². The van der Waals surface area contributed by atoms with E-state index in [-0.39, 0.29) is 5.56 Å². The molecule has 98 valence electrons. The van der Waals surface area contributed by atoms with Crippen LogP contribution in [0.2, 0.25) is 0 Å². The van der Waals surface area contributed by atoms with Crippen molar-refractivity contribution in [1.29, 1.82) is 0 Å². The smallest absolute Gasteiger partial charge is 0.337 e. The highest BCUT2D eigenvalue weighted by molar-refractivity contribution is 9.10. The standard InChI is InChI=1S/C14H13BrN2O2/c1-8-3-4-10(7-12(8)15)17-13-6-5-11(14(18)19)9(2)16-13/h3-7H,1-2H3,(H,16,17)(H,18,19). The minimum absolute atomic E-state index is 0.218. The van der Waals surface area contributed by atoms with Gasteiger partial charge in [0.1, 0.15) is 5.82 Å². The van der Waals surface area contributed by atoms with Crippen LogP contribution in [-0.2, 0) is 0 Å². The minimum Gasteiger partial charge on any atom is -0.478 e. The molecule has 5 heteroatoms. The van der Waals surface area contributed by atoms with Gasteiger partial charge in [-0.05, 0) is 43.7 Å². The van der Waals surface area contributed by atoms with Crippen molar-refractivity contribution in [3.63, 3.8) is 0 Å². The number of aromatic nitrogens is 1. The Kier molecular flexibility index (Phi) is 3.85. The number of anilines is 2. The molecule has 0 aliphatic heterocycles. The highest BCUT2D eigenvalue weighted by Crippen LogP contribution is 2.23. The zero-order valence-electron chi connectivity index (χ0n) is 10.6. The second-order valence-electron chi connectivity index (χ2n) is 4.22. The van der Waals surface area contributed by atoms with Crippen molar-refractivity contribution in [1.82, 2.24) is 4.98 Å². The molecule has 0 aliphatic carbocycles. The molecule has 0 spiro atoms. The van der Waals surface area contributed by atoms with Crippen LogP contribution in [0, 0.1) is 13.8 Å². The molecule has 0 saturated carbocycles. The molecular weight excluding hydrogens is 308 g/mol. The SMILES string of the molecule is Cc1ccc(Nc2ccc(C(=O)O)c(C)n2)cc1Br. The molecular formula is C14H13BrN2O2. The number of aromatic carboxylic acids is 1. The largest absolute Gasteiger partial charge is 0.478 e. The fourth-order valence-electron chi connectivity index (χ4n) is 1.68.